The lowest BCUT2D eigenvalue weighted by Gasteiger charge is -2.38. The number of rotatable bonds is 2. The zero-order valence-corrected chi connectivity index (χ0v) is 10.1. The highest BCUT2D eigenvalue weighted by Crippen LogP contribution is 2.30. The van der Waals surface area contributed by atoms with Crippen molar-refractivity contribution in [3.63, 3.8) is 0 Å². The van der Waals surface area contributed by atoms with Crippen molar-refractivity contribution in [2.45, 2.75) is 25.9 Å². The van der Waals surface area contributed by atoms with Crippen LogP contribution in [-0.2, 0) is 0 Å². The van der Waals surface area contributed by atoms with E-state index in [1.54, 1.807) is 12.1 Å². The van der Waals surface area contributed by atoms with Crippen LogP contribution in [0, 0.1) is 10.1 Å². The van der Waals surface area contributed by atoms with Crippen molar-refractivity contribution < 1.29 is 4.92 Å². The van der Waals surface area contributed by atoms with Crippen LogP contribution < -0.4 is 10.2 Å². The van der Waals surface area contributed by atoms with Gasteiger partial charge in [-0.15, -0.1) is 0 Å². The molecule has 0 bridgehead atoms. The van der Waals surface area contributed by atoms with Gasteiger partial charge >= 0.3 is 0 Å². The van der Waals surface area contributed by atoms with E-state index in [-0.39, 0.29) is 16.7 Å². The first kappa shape index (κ1) is 11.9. The minimum atomic E-state index is -0.311. The molecule has 0 aliphatic carbocycles. The summed E-state index contributed by atoms with van der Waals surface area (Å²) in [5, 5.41) is 14.4. The Morgan fingerprint density at radius 2 is 2.12 bits per heavy atom. The van der Waals surface area contributed by atoms with Crippen LogP contribution in [0.1, 0.15) is 13.8 Å². The van der Waals surface area contributed by atoms with E-state index >= 15 is 0 Å². The van der Waals surface area contributed by atoms with Crippen LogP contribution in [0.3, 0.4) is 0 Å². The first-order valence-corrected chi connectivity index (χ1v) is 5.83. The fourth-order valence-electron chi connectivity index (χ4n) is 2.22. The lowest BCUT2D eigenvalue weighted by atomic mass is 10.1. The smallest absolute Gasteiger partial charge is 0.292 e. The molecule has 92 valence electrons. The molecule has 1 aliphatic heterocycles. The van der Waals surface area contributed by atoms with Crippen LogP contribution in [0.2, 0.25) is 0 Å². The van der Waals surface area contributed by atoms with Gasteiger partial charge in [0.15, 0.2) is 0 Å². The maximum absolute atomic E-state index is 11.0. The Bertz CT molecular complexity index is 422. The molecule has 2 unspecified atom stereocenters. The molecule has 5 nitrogen and oxygen atoms in total. The molecule has 1 aromatic carbocycles. The Morgan fingerprint density at radius 3 is 2.82 bits per heavy atom. The summed E-state index contributed by atoms with van der Waals surface area (Å²) in [4.78, 5) is 12.8. The highest BCUT2D eigenvalue weighted by molar-refractivity contribution is 5.64. The summed E-state index contributed by atoms with van der Waals surface area (Å²) in [5.74, 6) is 0. The van der Waals surface area contributed by atoms with Gasteiger partial charge < -0.3 is 10.2 Å². The van der Waals surface area contributed by atoms with E-state index in [1.807, 2.05) is 12.1 Å². The Hall–Kier alpha value is -1.62. The number of anilines is 1. The van der Waals surface area contributed by atoms with Gasteiger partial charge in [-0.3, -0.25) is 10.1 Å². The second-order valence-electron chi connectivity index (χ2n) is 4.56. The van der Waals surface area contributed by atoms with E-state index in [0.717, 1.165) is 18.8 Å². The Kier molecular flexibility index (Phi) is 3.28. The first-order chi connectivity index (χ1) is 8.09. The monoisotopic (exact) mass is 235 g/mol. The quantitative estimate of drug-likeness (QED) is 0.627. The minimum absolute atomic E-state index is 0.188. The van der Waals surface area contributed by atoms with Crippen molar-refractivity contribution in [1.82, 2.24) is 5.32 Å². The van der Waals surface area contributed by atoms with Crippen molar-refractivity contribution in [3.8, 4) is 0 Å². The summed E-state index contributed by atoms with van der Waals surface area (Å²) in [6, 6.07) is 7.57. The van der Waals surface area contributed by atoms with Gasteiger partial charge in [0.2, 0.25) is 0 Å². The van der Waals surface area contributed by atoms with E-state index in [4.69, 9.17) is 0 Å². The zero-order valence-electron chi connectivity index (χ0n) is 10.1. The SMILES string of the molecule is CC1CN(c2ccccc2[N+](=O)[O-])C(C)CN1. The van der Waals surface area contributed by atoms with Crippen LogP contribution in [0.15, 0.2) is 24.3 Å². The van der Waals surface area contributed by atoms with Crippen LogP contribution >= 0.6 is 0 Å². The predicted octanol–water partition coefficient (Wildman–Crippen LogP) is 1.78. The predicted molar refractivity (Wildman–Crippen MR) is 67.4 cm³/mol. The van der Waals surface area contributed by atoms with E-state index in [1.165, 1.54) is 0 Å². The van der Waals surface area contributed by atoms with Gasteiger partial charge in [-0.25, -0.2) is 0 Å². The number of hydrogen-bond donors (Lipinski definition) is 1. The lowest BCUT2D eigenvalue weighted by Crippen LogP contribution is -2.54. The van der Waals surface area contributed by atoms with Gasteiger partial charge in [0, 0.05) is 31.2 Å². The van der Waals surface area contributed by atoms with Crippen molar-refractivity contribution in [3.05, 3.63) is 34.4 Å². The van der Waals surface area contributed by atoms with Gasteiger partial charge in [-0.2, -0.15) is 0 Å². The van der Waals surface area contributed by atoms with Crippen LogP contribution in [-0.4, -0.2) is 30.1 Å². The Morgan fingerprint density at radius 1 is 1.41 bits per heavy atom. The van der Waals surface area contributed by atoms with Crippen molar-refractivity contribution >= 4 is 11.4 Å². The number of nitrogens with zero attached hydrogens (tertiary/aromatic N) is 2. The normalized spacial score (nSPS) is 24.7. The number of benzene rings is 1. The maximum Gasteiger partial charge on any atom is 0.292 e. The molecule has 1 N–H and O–H groups in total. The molecule has 0 spiro atoms. The Labute approximate surface area is 101 Å². The summed E-state index contributed by atoms with van der Waals surface area (Å²) in [6.07, 6.45) is 0. The van der Waals surface area contributed by atoms with Gasteiger partial charge in [0.25, 0.3) is 5.69 Å². The van der Waals surface area contributed by atoms with Crippen LogP contribution in [0.4, 0.5) is 11.4 Å². The van der Waals surface area contributed by atoms with Crippen molar-refractivity contribution in [2.75, 3.05) is 18.0 Å². The first-order valence-electron chi connectivity index (χ1n) is 5.83. The lowest BCUT2D eigenvalue weighted by molar-refractivity contribution is -0.384. The molecule has 1 aromatic rings. The third kappa shape index (κ3) is 2.39. The van der Waals surface area contributed by atoms with Gasteiger partial charge in [-0.1, -0.05) is 12.1 Å². The van der Waals surface area contributed by atoms with E-state index in [0.29, 0.717) is 6.04 Å². The molecule has 0 saturated carbocycles. The molecule has 5 heteroatoms. The number of nitro groups is 1. The highest BCUT2D eigenvalue weighted by Gasteiger charge is 2.27. The molecule has 0 aromatic heterocycles. The number of hydrogen-bond acceptors (Lipinski definition) is 4. The summed E-state index contributed by atoms with van der Waals surface area (Å²) in [5.41, 5.74) is 0.909. The molecule has 1 heterocycles. The topological polar surface area (TPSA) is 58.4 Å². The van der Waals surface area contributed by atoms with Gasteiger partial charge in [-0.05, 0) is 19.9 Å². The molecule has 1 saturated heterocycles. The molecular formula is C12H17N3O2. The number of nitro benzene ring substituents is 1. The standard InChI is InChI=1S/C12H17N3O2/c1-9-8-14(10(2)7-13-9)11-5-3-4-6-12(11)15(16)17/h3-6,9-10,13H,7-8H2,1-2H3. The Balaban J connectivity index is 2.35. The fraction of sp³-hybridized carbons (Fsp3) is 0.500. The van der Waals surface area contributed by atoms with Gasteiger partial charge in [0.1, 0.15) is 5.69 Å². The summed E-state index contributed by atoms with van der Waals surface area (Å²) < 4.78 is 0. The second kappa shape index (κ2) is 4.71. The third-order valence-corrected chi connectivity index (χ3v) is 3.15. The largest absolute Gasteiger partial charge is 0.360 e. The average molecular weight is 235 g/mol. The minimum Gasteiger partial charge on any atom is -0.360 e. The molecule has 1 aliphatic rings. The average Bonchev–Trinajstić information content (AvgIpc) is 2.32. The van der Waals surface area contributed by atoms with Crippen LogP contribution in [0.25, 0.3) is 0 Å². The van der Waals surface area contributed by atoms with Crippen molar-refractivity contribution in [2.24, 2.45) is 0 Å². The molecule has 0 amide bonds. The summed E-state index contributed by atoms with van der Waals surface area (Å²) >= 11 is 0. The molecule has 2 atom stereocenters. The second-order valence-corrected chi connectivity index (χ2v) is 4.56. The summed E-state index contributed by atoms with van der Waals surface area (Å²) in [6.45, 7) is 5.82. The third-order valence-electron chi connectivity index (χ3n) is 3.15. The van der Waals surface area contributed by atoms with Crippen LogP contribution in [0.5, 0.6) is 0 Å². The number of piperazine rings is 1. The summed E-state index contributed by atoms with van der Waals surface area (Å²) in [7, 11) is 0. The molecule has 2 rings (SSSR count). The van der Waals surface area contributed by atoms with Gasteiger partial charge in [0.05, 0.1) is 4.92 Å². The number of nitrogens with one attached hydrogen (secondary N) is 1. The molecular weight excluding hydrogens is 218 g/mol. The zero-order chi connectivity index (χ0) is 12.4. The molecule has 1 fully saturated rings. The van der Waals surface area contributed by atoms with Crippen molar-refractivity contribution in [1.29, 1.82) is 0 Å². The molecule has 17 heavy (non-hydrogen) atoms. The maximum atomic E-state index is 11.0. The van der Waals surface area contributed by atoms with E-state index in [9.17, 15) is 10.1 Å². The van der Waals surface area contributed by atoms with E-state index in [2.05, 4.69) is 24.1 Å². The van der Waals surface area contributed by atoms with E-state index < -0.39 is 0 Å². The number of para-hydroxylation sites is 2. The fourth-order valence-corrected chi connectivity index (χ4v) is 2.22. The highest BCUT2D eigenvalue weighted by atomic mass is 16.6. The molecule has 0 radical (unpaired) electrons.